The molecule has 0 rings (SSSR count). The summed E-state index contributed by atoms with van der Waals surface area (Å²) >= 11 is 0. The van der Waals surface area contributed by atoms with E-state index in [2.05, 4.69) is 9.47 Å². The number of methoxy groups -OCH3 is 1. The molecular weight excluding hydrogens is 164 g/mol. The second kappa shape index (κ2) is 6.33. The van der Waals surface area contributed by atoms with Gasteiger partial charge in [0.1, 0.15) is 6.61 Å². The van der Waals surface area contributed by atoms with E-state index in [1.807, 2.05) is 0 Å². The Morgan fingerprint density at radius 2 is 2.00 bits per heavy atom. The Hall–Kier alpha value is -1.39. The Bertz CT molecular complexity index is 175. The van der Waals surface area contributed by atoms with Gasteiger partial charge in [0.15, 0.2) is 5.78 Å². The lowest BCUT2D eigenvalue weighted by atomic mass is 10.2. The average Bonchev–Trinajstić information content (AvgIpc) is 2.10. The number of ether oxygens (including phenoxy) is 2. The van der Waals surface area contributed by atoms with Crippen LogP contribution in [0.2, 0.25) is 0 Å². The van der Waals surface area contributed by atoms with Crippen molar-refractivity contribution in [3.05, 3.63) is 0 Å². The van der Waals surface area contributed by atoms with Crippen LogP contribution in [0.15, 0.2) is 0 Å². The number of Topliss-reactive ketones (excluding diaryl/α,β-unsaturated/α-hetero) is 1. The summed E-state index contributed by atoms with van der Waals surface area (Å²) in [7, 11) is 1.24. The number of hydrogen-bond donors (Lipinski definition) is 0. The molecule has 0 aliphatic carbocycles. The van der Waals surface area contributed by atoms with Crippen LogP contribution in [-0.4, -0.2) is 31.9 Å². The van der Waals surface area contributed by atoms with E-state index in [1.54, 1.807) is 0 Å². The summed E-state index contributed by atoms with van der Waals surface area (Å²) in [6.07, 6.45) is 0.0675. The van der Waals surface area contributed by atoms with Crippen molar-refractivity contribution in [1.29, 1.82) is 0 Å². The molecular formula is C7H10O5. The van der Waals surface area contributed by atoms with Crippen LogP contribution in [0.5, 0.6) is 0 Å². The summed E-state index contributed by atoms with van der Waals surface area (Å²) in [5, 5.41) is 0. The first-order valence-corrected chi connectivity index (χ1v) is 3.34. The molecule has 0 aliphatic heterocycles. The van der Waals surface area contributed by atoms with E-state index >= 15 is 0 Å². The Balaban J connectivity index is 3.43. The smallest absolute Gasteiger partial charge is 0.305 e. The quantitative estimate of drug-likeness (QED) is 0.407. The van der Waals surface area contributed by atoms with Gasteiger partial charge in [-0.25, -0.2) is 0 Å². The molecule has 0 fully saturated rings. The van der Waals surface area contributed by atoms with Crippen molar-refractivity contribution in [2.45, 2.75) is 12.8 Å². The molecule has 0 spiro atoms. The van der Waals surface area contributed by atoms with Crippen molar-refractivity contribution in [2.24, 2.45) is 0 Å². The molecule has 12 heavy (non-hydrogen) atoms. The molecule has 0 N–H and O–H groups in total. The number of hydrogen-bond acceptors (Lipinski definition) is 5. The van der Waals surface area contributed by atoms with Crippen LogP contribution in [-0.2, 0) is 23.9 Å². The molecule has 68 valence electrons. The highest BCUT2D eigenvalue weighted by molar-refractivity contribution is 5.84. The molecule has 0 bridgehead atoms. The van der Waals surface area contributed by atoms with Crippen LogP contribution in [0, 0.1) is 0 Å². The topological polar surface area (TPSA) is 69.7 Å². The van der Waals surface area contributed by atoms with Crippen molar-refractivity contribution in [1.82, 2.24) is 0 Å². The number of esters is 1. The SMILES string of the molecule is COC(=O)CCC(=O)COC=O. The van der Waals surface area contributed by atoms with E-state index in [9.17, 15) is 14.4 Å². The molecule has 0 unspecified atom stereocenters. The number of ketones is 1. The molecule has 0 aliphatic rings. The number of carbonyl (C=O) groups is 3. The second-order valence-corrected chi connectivity index (χ2v) is 2.02. The van der Waals surface area contributed by atoms with Gasteiger partial charge in [-0.3, -0.25) is 14.4 Å². The zero-order valence-corrected chi connectivity index (χ0v) is 6.74. The van der Waals surface area contributed by atoms with Crippen molar-refractivity contribution in [3.8, 4) is 0 Å². The predicted octanol–water partition coefficient (Wildman–Crippen LogP) is -0.318. The van der Waals surface area contributed by atoms with Gasteiger partial charge >= 0.3 is 5.97 Å². The Morgan fingerprint density at radius 3 is 2.50 bits per heavy atom. The minimum Gasteiger partial charge on any atom is -0.469 e. The zero-order valence-electron chi connectivity index (χ0n) is 6.74. The minimum atomic E-state index is -0.450. The van der Waals surface area contributed by atoms with Gasteiger partial charge in [-0.05, 0) is 0 Å². The molecule has 0 saturated carbocycles. The Kier molecular flexibility index (Phi) is 5.60. The lowest BCUT2D eigenvalue weighted by Crippen LogP contribution is -2.10. The molecule has 0 heterocycles. The molecule has 0 aromatic heterocycles. The predicted molar refractivity (Wildman–Crippen MR) is 38.3 cm³/mol. The van der Waals surface area contributed by atoms with Crippen molar-refractivity contribution >= 4 is 18.2 Å². The first-order valence-electron chi connectivity index (χ1n) is 3.34. The van der Waals surface area contributed by atoms with Crippen LogP contribution < -0.4 is 0 Å². The van der Waals surface area contributed by atoms with Gasteiger partial charge in [0.2, 0.25) is 0 Å². The molecule has 0 atom stereocenters. The summed E-state index contributed by atoms with van der Waals surface area (Å²) in [5.41, 5.74) is 0. The molecule has 0 saturated heterocycles. The van der Waals surface area contributed by atoms with E-state index in [0.717, 1.165) is 0 Å². The van der Waals surface area contributed by atoms with E-state index in [1.165, 1.54) is 7.11 Å². The van der Waals surface area contributed by atoms with Gasteiger partial charge in [0.05, 0.1) is 13.5 Å². The highest BCUT2D eigenvalue weighted by Crippen LogP contribution is 1.93. The van der Waals surface area contributed by atoms with E-state index in [4.69, 9.17) is 0 Å². The van der Waals surface area contributed by atoms with Crippen LogP contribution in [0.1, 0.15) is 12.8 Å². The third-order valence-corrected chi connectivity index (χ3v) is 1.15. The third kappa shape index (κ3) is 5.40. The largest absolute Gasteiger partial charge is 0.469 e. The van der Waals surface area contributed by atoms with Crippen LogP contribution in [0.3, 0.4) is 0 Å². The highest BCUT2D eigenvalue weighted by atomic mass is 16.5. The lowest BCUT2D eigenvalue weighted by molar-refractivity contribution is -0.142. The van der Waals surface area contributed by atoms with Crippen LogP contribution >= 0.6 is 0 Å². The fourth-order valence-electron chi connectivity index (χ4n) is 0.543. The van der Waals surface area contributed by atoms with E-state index < -0.39 is 5.97 Å². The zero-order chi connectivity index (χ0) is 9.40. The van der Waals surface area contributed by atoms with Gasteiger partial charge in [-0.2, -0.15) is 0 Å². The van der Waals surface area contributed by atoms with Crippen LogP contribution in [0.25, 0.3) is 0 Å². The summed E-state index contributed by atoms with van der Waals surface area (Å²) in [4.78, 5) is 30.9. The molecule has 5 nitrogen and oxygen atoms in total. The summed E-state index contributed by atoms with van der Waals surface area (Å²) < 4.78 is 8.48. The molecule has 0 amide bonds. The van der Waals surface area contributed by atoms with Crippen LogP contribution in [0.4, 0.5) is 0 Å². The summed E-state index contributed by atoms with van der Waals surface area (Å²) in [5.74, 6) is -0.748. The summed E-state index contributed by atoms with van der Waals surface area (Å²) in [6, 6.07) is 0. The van der Waals surface area contributed by atoms with Gasteiger partial charge in [-0.15, -0.1) is 0 Å². The average molecular weight is 174 g/mol. The van der Waals surface area contributed by atoms with E-state index in [0.29, 0.717) is 0 Å². The van der Waals surface area contributed by atoms with Gasteiger partial charge in [0.25, 0.3) is 6.47 Å². The second-order valence-electron chi connectivity index (χ2n) is 2.02. The first-order chi connectivity index (χ1) is 5.70. The lowest BCUT2D eigenvalue weighted by Gasteiger charge is -1.97. The fourth-order valence-corrected chi connectivity index (χ4v) is 0.543. The van der Waals surface area contributed by atoms with Crippen molar-refractivity contribution in [2.75, 3.05) is 13.7 Å². The van der Waals surface area contributed by atoms with Gasteiger partial charge in [-0.1, -0.05) is 0 Å². The first kappa shape index (κ1) is 10.6. The monoisotopic (exact) mass is 174 g/mol. The van der Waals surface area contributed by atoms with Gasteiger partial charge < -0.3 is 9.47 Å². The minimum absolute atomic E-state index is 0.0253. The standard InChI is InChI=1S/C7H10O5/c1-11-7(10)3-2-6(9)4-12-5-8/h5H,2-4H2,1H3. The molecule has 0 radical (unpaired) electrons. The molecule has 0 aromatic rings. The molecule has 5 heteroatoms. The highest BCUT2D eigenvalue weighted by Gasteiger charge is 2.06. The summed E-state index contributed by atoms with van der Waals surface area (Å²) in [6.45, 7) is -0.0868. The third-order valence-electron chi connectivity index (χ3n) is 1.15. The van der Waals surface area contributed by atoms with Crippen molar-refractivity contribution < 1.29 is 23.9 Å². The Morgan fingerprint density at radius 1 is 1.33 bits per heavy atom. The maximum absolute atomic E-state index is 10.7. The fraction of sp³-hybridized carbons (Fsp3) is 0.571. The number of rotatable bonds is 6. The van der Waals surface area contributed by atoms with Crippen molar-refractivity contribution in [3.63, 3.8) is 0 Å². The maximum Gasteiger partial charge on any atom is 0.305 e. The van der Waals surface area contributed by atoms with E-state index in [-0.39, 0.29) is 31.7 Å². The maximum atomic E-state index is 10.7. The normalized spacial score (nSPS) is 8.75. The molecule has 0 aromatic carbocycles. The van der Waals surface area contributed by atoms with Gasteiger partial charge in [0, 0.05) is 6.42 Å². The number of carbonyl (C=O) groups excluding carboxylic acids is 3. The Labute approximate surface area is 69.6 Å².